The lowest BCUT2D eigenvalue weighted by atomic mass is 9.84. The highest BCUT2D eigenvalue weighted by Crippen LogP contribution is 2.53. The number of nitrogens with one attached hydrogen (secondary N) is 1. The zero-order valence-corrected chi connectivity index (χ0v) is 22.0. The van der Waals surface area contributed by atoms with Crippen LogP contribution < -0.4 is 11.2 Å². The van der Waals surface area contributed by atoms with Crippen LogP contribution in [-0.4, -0.2) is 9.55 Å². The summed E-state index contributed by atoms with van der Waals surface area (Å²) in [6.45, 7) is 0. The quantitative estimate of drug-likeness (QED) is 0.129. The van der Waals surface area contributed by atoms with Crippen LogP contribution in [-0.2, 0) is 10.9 Å². The van der Waals surface area contributed by atoms with Gasteiger partial charge in [0, 0.05) is 11.0 Å². The normalized spacial score (nSPS) is 11.9. The summed E-state index contributed by atoms with van der Waals surface area (Å²) in [5.41, 5.74) is -2.24. The predicted molar refractivity (Wildman–Crippen MR) is 148 cm³/mol. The number of aromatic amines is 1. The maximum Gasteiger partial charge on any atom is 0.431 e. The summed E-state index contributed by atoms with van der Waals surface area (Å²) >= 11 is 7.79. The van der Waals surface area contributed by atoms with E-state index in [9.17, 15) is 22.8 Å². The molecule has 1 N–H and O–H groups in total. The zero-order chi connectivity index (χ0) is 28.5. The zero-order valence-electron chi connectivity index (χ0n) is 20.5. The number of hydrogen-bond acceptors (Lipinski definition) is 3. The van der Waals surface area contributed by atoms with E-state index in [0.717, 1.165) is 22.8 Å². The molecule has 0 aliphatic carbocycles. The number of rotatable bonds is 6. The van der Waals surface area contributed by atoms with Gasteiger partial charge in [0.15, 0.2) is 0 Å². The van der Waals surface area contributed by atoms with Crippen molar-refractivity contribution >= 4 is 23.4 Å². The average Bonchev–Trinajstić information content (AvgIpc) is 2.94. The van der Waals surface area contributed by atoms with E-state index in [1.165, 1.54) is 17.8 Å². The number of H-pyrrole nitrogens is 1. The van der Waals surface area contributed by atoms with Crippen molar-refractivity contribution in [3.8, 4) is 5.69 Å². The second-order valence-electron chi connectivity index (χ2n) is 8.77. The Kier molecular flexibility index (Phi) is 7.44. The first-order valence-electron chi connectivity index (χ1n) is 11.9. The molecule has 0 radical (unpaired) electrons. The molecule has 5 rings (SSSR count). The van der Waals surface area contributed by atoms with E-state index in [4.69, 9.17) is 11.6 Å². The fourth-order valence-corrected chi connectivity index (χ4v) is 6.19. The molecule has 0 aliphatic heterocycles. The third-order valence-corrected chi connectivity index (χ3v) is 8.28. The van der Waals surface area contributed by atoms with Gasteiger partial charge < -0.3 is 4.98 Å². The van der Waals surface area contributed by atoms with Crippen LogP contribution in [0.3, 0.4) is 0 Å². The first-order valence-corrected chi connectivity index (χ1v) is 13.1. The van der Waals surface area contributed by atoms with Gasteiger partial charge in [-0.3, -0.25) is 4.79 Å². The van der Waals surface area contributed by atoms with Gasteiger partial charge in [0.05, 0.1) is 15.5 Å². The van der Waals surface area contributed by atoms with Gasteiger partial charge in [-0.25, -0.2) is 13.8 Å². The van der Waals surface area contributed by atoms with Crippen molar-refractivity contribution in [2.24, 2.45) is 0 Å². The van der Waals surface area contributed by atoms with Crippen molar-refractivity contribution in [1.29, 1.82) is 0 Å². The van der Waals surface area contributed by atoms with E-state index in [1.54, 1.807) is 4.98 Å². The molecule has 0 fully saturated rings. The molecule has 40 heavy (non-hydrogen) atoms. The smallest absolute Gasteiger partial charge is 0.303 e. The number of alkyl halides is 3. The summed E-state index contributed by atoms with van der Waals surface area (Å²) < 4.78 is 54.0. The van der Waals surface area contributed by atoms with Crippen LogP contribution in [0.1, 0.15) is 22.4 Å². The summed E-state index contributed by atoms with van der Waals surface area (Å²) in [6, 6.07) is 30.9. The predicted octanol–water partition coefficient (Wildman–Crippen LogP) is 7.42. The van der Waals surface area contributed by atoms with Crippen LogP contribution in [0, 0.1) is 5.82 Å². The van der Waals surface area contributed by atoms with E-state index in [2.05, 4.69) is 0 Å². The van der Waals surface area contributed by atoms with Crippen molar-refractivity contribution < 1.29 is 17.6 Å². The van der Waals surface area contributed by atoms with Crippen LogP contribution in [0.25, 0.3) is 5.69 Å². The van der Waals surface area contributed by atoms with Crippen molar-refractivity contribution in [2.75, 3.05) is 0 Å². The fraction of sp³-hybridized carbons (Fsp3) is 0.0667. The first-order chi connectivity index (χ1) is 19.1. The van der Waals surface area contributed by atoms with Crippen molar-refractivity contribution in [1.82, 2.24) is 9.55 Å². The van der Waals surface area contributed by atoms with Gasteiger partial charge in [0.1, 0.15) is 11.5 Å². The van der Waals surface area contributed by atoms with Crippen LogP contribution in [0.2, 0.25) is 5.02 Å². The van der Waals surface area contributed by atoms with E-state index in [-0.39, 0.29) is 11.1 Å². The van der Waals surface area contributed by atoms with Gasteiger partial charge in [0.25, 0.3) is 5.56 Å². The van der Waals surface area contributed by atoms with Gasteiger partial charge in [-0.05, 0) is 28.8 Å². The molecule has 0 saturated heterocycles. The minimum atomic E-state index is -4.96. The van der Waals surface area contributed by atoms with Crippen LogP contribution in [0.5, 0.6) is 0 Å². The Morgan fingerprint density at radius 2 is 1.20 bits per heavy atom. The summed E-state index contributed by atoms with van der Waals surface area (Å²) in [5.74, 6) is -1.05. The summed E-state index contributed by atoms with van der Waals surface area (Å²) in [5, 5.41) is -0.00481. The second kappa shape index (κ2) is 10.8. The number of aromatic nitrogens is 2. The largest absolute Gasteiger partial charge is 0.431 e. The van der Waals surface area contributed by atoms with Gasteiger partial charge >= 0.3 is 11.9 Å². The monoisotopic (exact) mass is 582 g/mol. The van der Waals surface area contributed by atoms with Gasteiger partial charge in [-0.1, -0.05) is 103 Å². The number of benzene rings is 4. The lowest BCUT2D eigenvalue weighted by Gasteiger charge is -2.35. The minimum absolute atomic E-state index is 0.00481. The number of thioether (sulfide) groups is 1. The number of hydrogen-bond donors (Lipinski definition) is 1. The highest BCUT2D eigenvalue weighted by Gasteiger charge is 2.39. The molecule has 0 spiro atoms. The third-order valence-electron chi connectivity index (χ3n) is 6.28. The van der Waals surface area contributed by atoms with Gasteiger partial charge in [-0.15, -0.1) is 11.8 Å². The lowest BCUT2D eigenvalue weighted by Crippen LogP contribution is -2.36. The molecule has 0 aliphatic rings. The number of halogens is 5. The van der Waals surface area contributed by atoms with E-state index < -0.39 is 39.4 Å². The van der Waals surface area contributed by atoms with E-state index in [0.29, 0.717) is 9.46 Å². The molecular weight excluding hydrogens is 564 g/mol. The molecule has 0 saturated carbocycles. The molecule has 0 bridgehead atoms. The SMILES string of the molecule is O=c1cc(C(F)(F)F)[nH]c(=O)n1-c1cc(SC(c2ccccc2)(c2ccccc2)c2ccccc2)c(Cl)cc1F. The molecule has 1 heterocycles. The van der Waals surface area contributed by atoms with E-state index in [1.807, 2.05) is 91.0 Å². The van der Waals surface area contributed by atoms with Crippen molar-refractivity contribution in [2.45, 2.75) is 15.8 Å². The summed E-state index contributed by atoms with van der Waals surface area (Å²) in [4.78, 5) is 27.2. The standard InChI is InChI=1S/C30H19ClF4N2O2S/c31-22-16-23(32)24(37-27(38)18-26(30(33,34)35)36-28(37)39)17-25(22)40-29(19-10-4-1-5-11-19,20-12-6-2-7-13-20)21-14-8-3-9-15-21/h1-18H,(H,36,39). The third kappa shape index (κ3) is 5.10. The molecule has 1 aromatic heterocycles. The Balaban J connectivity index is 1.76. The Hall–Kier alpha value is -4.08. The molecule has 0 amide bonds. The fourth-order valence-electron chi connectivity index (χ4n) is 4.50. The average molecular weight is 583 g/mol. The molecule has 0 atom stereocenters. The molecule has 4 aromatic carbocycles. The summed E-state index contributed by atoms with van der Waals surface area (Å²) in [6.07, 6.45) is -4.96. The van der Waals surface area contributed by atoms with E-state index >= 15 is 4.39 Å². The molecular formula is C30H19ClF4N2O2S. The van der Waals surface area contributed by atoms with Gasteiger partial charge in [0.2, 0.25) is 0 Å². The van der Waals surface area contributed by atoms with Crippen LogP contribution >= 0.6 is 23.4 Å². The Bertz CT molecular complexity index is 1650. The lowest BCUT2D eigenvalue weighted by molar-refractivity contribution is -0.141. The highest BCUT2D eigenvalue weighted by molar-refractivity contribution is 8.00. The highest BCUT2D eigenvalue weighted by atomic mass is 35.5. The Morgan fingerprint density at radius 3 is 1.62 bits per heavy atom. The molecule has 202 valence electrons. The molecule has 4 nitrogen and oxygen atoms in total. The van der Waals surface area contributed by atoms with Crippen molar-refractivity contribution in [3.05, 3.63) is 163 Å². The Labute approximate surface area is 234 Å². The maximum absolute atomic E-state index is 15.2. The summed E-state index contributed by atoms with van der Waals surface area (Å²) in [7, 11) is 0. The van der Waals surface area contributed by atoms with Crippen LogP contribution in [0.15, 0.2) is 124 Å². The number of nitrogens with zero attached hydrogens (tertiary/aromatic N) is 1. The first kappa shape index (κ1) is 27.5. The Morgan fingerprint density at radius 1 is 0.725 bits per heavy atom. The minimum Gasteiger partial charge on any atom is -0.303 e. The van der Waals surface area contributed by atoms with Crippen molar-refractivity contribution in [3.63, 3.8) is 0 Å². The molecule has 10 heteroatoms. The molecule has 5 aromatic rings. The second-order valence-corrected chi connectivity index (χ2v) is 10.4. The van der Waals surface area contributed by atoms with Gasteiger partial charge in [-0.2, -0.15) is 13.2 Å². The molecule has 0 unspecified atom stereocenters. The van der Waals surface area contributed by atoms with Crippen LogP contribution in [0.4, 0.5) is 17.6 Å². The topological polar surface area (TPSA) is 54.9 Å². The maximum atomic E-state index is 15.2.